The monoisotopic (exact) mass is 281 g/mol. The van der Waals surface area contributed by atoms with Crippen molar-refractivity contribution < 1.29 is 9.59 Å². The number of carbonyl (C=O) groups excluding carboxylic acids is 2. The summed E-state index contributed by atoms with van der Waals surface area (Å²) in [6.45, 7) is 7.54. The van der Waals surface area contributed by atoms with Crippen LogP contribution in [0.1, 0.15) is 70.2 Å². The molecule has 0 spiro atoms. The first kappa shape index (κ1) is 36.1. The summed E-state index contributed by atoms with van der Waals surface area (Å²) in [7, 11) is 0. The summed E-state index contributed by atoms with van der Waals surface area (Å²) >= 11 is 0. The fourth-order valence-electron chi connectivity index (χ4n) is 0.529. The molecule has 0 aromatic rings. The van der Waals surface area contributed by atoms with E-state index in [4.69, 9.17) is 11.6 Å². The molecule has 0 rings (SSSR count). The van der Waals surface area contributed by atoms with Crippen molar-refractivity contribution in [3.63, 3.8) is 0 Å². The van der Waals surface area contributed by atoms with Crippen LogP contribution >= 0.6 is 0 Å². The molecule has 0 aliphatic rings. The van der Waals surface area contributed by atoms with Crippen LogP contribution in [0.5, 0.6) is 0 Å². The number of primary amides is 1. The fraction of sp³-hybridized carbons (Fsp3) is 0.857. The quantitative estimate of drug-likeness (QED) is 0.419. The van der Waals surface area contributed by atoms with E-state index < -0.39 is 0 Å². The minimum atomic E-state index is -0.206. The molecule has 2 atom stereocenters. The summed E-state index contributed by atoms with van der Waals surface area (Å²) in [5, 5.41) is 0. The Labute approximate surface area is 121 Å². The molecule has 0 aromatic carbocycles. The number of carbonyl (C=O) groups is 2. The molecular formula is C14H39N3O2. The van der Waals surface area contributed by atoms with Crippen molar-refractivity contribution in [2.75, 3.05) is 0 Å². The molecule has 0 saturated heterocycles. The molecule has 2 amide bonds. The van der Waals surface area contributed by atoms with E-state index in [0.717, 1.165) is 12.8 Å². The van der Waals surface area contributed by atoms with E-state index in [1.165, 1.54) is 0 Å². The third kappa shape index (κ3) is 22.5. The van der Waals surface area contributed by atoms with Crippen molar-refractivity contribution >= 4 is 11.8 Å². The summed E-state index contributed by atoms with van der Waals surface area (Å²) < 4.78 is 0. The van der Waals surface area contributed by atoms with Crippen molar-refractivity contribution in [3.05, 3.63) is 0 Å². The van der Waals surface area contributed by atoms with Gasteiger partial charge in [0, 0.05) is 11.8 Å². The highest BCUT2D eigenvalue weighted by Gasteiger charge is 2.06. The van der Waals surface area contributed by atoms with Gasteiger partial charge in [-0.3, -0.25) is 15.0 Å². The highest BCUT2D eigenvalue weighted by Crippen LogP contribution is 1.97. The zero-order chi connectivity index (χ0) is 12.4. The van der Waals surface area contributed by atoms with Crippen LogP contribution in [-0.2, 0) is 9.59 Å². The zero-order valence-electron chi connectivity index (χ0n) is 10.0. The molecule has 0 aliphatic carbocycles. The number of hydrogen-bond donors (Lipinski definition) is 3. The highest BCUT2D eigenvalue weighted by atomic mass is 16.2. The van der Waals surface area contributed by atoms with E-state index >= 15 is 0 Å². The van der Waals surface area contributed by atoms with Gasteiger partial charge in [0.1, 0.15) is 0 Å². The lowest BCUT2D eigenvalue weighted by Crippen LogP contribution is -2.34. The minimum Gasteiger partial charge on any atom is -0.369 e. The molecule has 2 unspecified atom stereocenters. The first-order valence-electron chi connectivity index (χ1n) is 5.20. The number of hydrogen-bond acceptors (Lipinski definition) is 3. The fourth-order valence-corrected chi connectivity index (χ4v) is 0.529. The van der Waals surface area contributed by atoms with Gasteiger partial charge in [0.2, 0.25) is 11.8 Å². The maximum Gasteiger partial charge on any atom is 0.236 e. The van der Waals surface area contributed by atoms with Crippen molar-refractivity contribution in [1.82, 2.24) is 5.43 Å². The molecule has 0 radical (unpaired) electrons. The number of hydrazine groups is 1. The summed E-state index contributed by atoms with van der Waals surface area (Å²) in [6.07, 6.45) is 1.68. The predicted octanol–water partition coefficient (Wildman–Crippen LogP) is 3.08. The highest BCUT2D eigenvalue weighted by molar-refractivity contribution is 5.77. The summed E-state index contributed by atoms with van der Waals surface area (Å²) in [5.74, 6) is 4.64. The molecule has 5 heteroatoms. The van der Waals surface area contributed by atoms with Crippen LogP contribution in [0.25, 0.3) is 0 Å². The number of amides is 2. The van der Waals surface area contributed by atoms with Gasteiger partial charge in [0.05, 0.1) is 0 Å². The Morgan fingerprint density at radius 2 is 1.26 bits per heavy atom. The van der Waals surface area contributed by atoms with Crippen LogP contribution < -0.4 is 17.0 Å². The molecule has 0 heterocycles. The maximum atomic E-state index is 10.5. The summed E-state index contributed by atoms with van der Waals surface area (Å²) in [5.41, 5.74) is 6.98. The van der Waals surface area contributed by atoms with E-state index in [-0.39, 0.29) is 53.4 Å². The lowest BCUT2D eigenvalue weighted by molar-refractivity contribution is -0.124. The molecule has 122 valence electrons. The van der Waals surface area contributed by atoms with Crippen LogP contribution in [0.2, 0.25) is 0 Å². The van der Waals surface area contributed by atoms with Crippen LogP contribution in [0.3, 0.4) is 0 Å². The van der Waals surface area contributed by atoms with Crippen molar-refractivity contribution in [2.24, 2.45) is 23.4 Å². The predicted molar refractivity (Wildman–Crippen MR) is 87.4 cm³/mol. The number of nitrogens with two attached hydrogens (primary N) is 2. The van der Waals surface area contributed by atoms with Crippen LogP contribution in [0, 0.1) is 11.8 Å². The number of nitrogens with one attached hydrogen (secondary N) is 1. The normalized spacial score (nSPS) is 10.4. The third-order valence-corrected chi connectivity index (χ3v) is 2.30. The third-order valence-electron chi connectivity index (χ3n) is 2.30. The lowest BCUT2D eigenvalue weighted by atomic mass is 10.1. The van der Waals surface area contributed by atoms with Gasteiger partial charge < -0.3 is 5.73 Å². The van der Waals surface area contributed by atoms with Gasteiger partial charge in [-0.15, -0.1) is 0 Å². The smallest absolute Gasteiger partial charge is 0.236 e. The summed E-state index contributed by atoms with van der Waals surface area (Å²) in [6, 6.07) is 0. The second-order valence-electron chi connectivity index (χ2n) is 3.53. The SMILES string of the molecule is C.C.C.C.CCC(C)C(=O)NN.CCC(C)C(N)=O. The van der Waals surface area contributed by atoms with Gasteiger partial charge in [-0.25, -0.2) is 5.84 Å². The Morgan fingerprint density at radius 3 is 1.32 bits per heavy atom. The van der Waals surface area contributed by atoms with Crippen molar-refractivity contribution in [2.45, 2.75) is 70.2 Å². The molecule has 0 bridgehead atoms. The van der Waals surface area contributed by atoms with Gasteiger partial charge in [-0.2, -0.15) is 0 Å². The minimum absolute atomic E-state index is 0. The molecule has 0 saturated carbocycles. The van der Waals surface area contributed by atoms with Crippen LogP contribution in [-0.4, -0.2) is 11.8 Å². The van der Waals surface area contributed by atoms with Crippen molar-refractivity contribution in [3.8, 4) is 0 Å². The van der Waals surface area contributed by atoms with Crippen LogP contribution in [0.4, 0.5) is 0 Å². The van der Waals surface area contributed by atoms with E-state index in [1.54, 1.807) is 0 Å². The molecular weight excluding hydrogens is 242 g/mol. The topological polar surface area (TPSA) is 98.2 Å². The molecule has 0 fully saturated rings. The average Bonchev–Trinajstić information content (AvgIpc) is 2.26. The molecule has 19 heavy (non-hydrogen) atoms. The molecule has 5 nitrogen and oxygen atoms in total. The van der Waals surface area contributed by atoms with Gasteiger partial charge in [0.15, 0.2) is 0 Å². The van der Waals surface area contributed by atoms with Gasteiger partial charge >= 0.3 is 0 Å². The first-order valence-corrected chi connectivity index (χ1v) is 5.20. The summed E-state index contributed by atoms with van der Waals surface area (Å²) in [4.78, 5) is 20.7. The molecule has 0 aliphatic heterocycles. The van der Waals surface area contributed by atoms with E-state index in [9.17, 15) is 9.59 Å². The van der Waals surface area contributed by atoms with E-state index in [2.05, 4.69) is 5.43 Å². The molecule has 5 N–H and O–H groups in total. The maximum absolute atomic E-state index is 10.5. The van der Waals surface area contributed by atoms with Crippen molar-refractivity contribution in [1.29, 1.82) is 0 Å². The number of rotatable bonds is 4. The van der Waals surface area contributed by atoms with E-state index in [0.29, 0.717) is 0 Å². The Morgan fingerprint density at radius 1 is 0.947 bits per heavy atom. The Hall–Kier alpha value is -1.10. The Balaban J connectivity index is -0.0000000369. The largest absolute Gasteiger partial charge is 0.369 e. The lowest BCUT2D eigenvalue weighted by Gasteiger charge is -2.03. The Bertz CT molecular complexity index is 197. The standard InChI is InChI=1S/C5H12N2O.C5H11NO.4CH4/c1-3-4(2)5(8)7-6;1-3-4(2)5(6)7;;;;/h4H,3,6H2,1-2H3,(H,7,8);4H,3H2,1-2H3,(H2,6,7);4*1H4. The second-order valence-corrected chi connectivity index (χ2v) is 3.53. The Kier molecular flexibility index (Phi) is 42.0. The van der Waals surface area contributed by atoms with Crippen LogP contribution in [0.15, 0.2) is 0 Å². The average molecular weight is 281 g/mol. The first-order chi connectivity index (χ1) is 6.90. The van der Waals surface area contributed by atoms with Gasteiger partial charge in [-0.05, 0) is 12.8 Å². The van der Waals surface area contributed by atoms with Gasteiger partial charge in [-0.1, -0.05) is 57.4 Å². The van der Waals surface area contributed by atoms with E-state index in [1.807, 2.05) is 27.7 Å². The second kappa shape index (κ2) is 22.1. The van der Waals surface area contributed by atoms with Gasteiger partial charge in [0.25, 0.3) is 0 Å². The molecule has 0 aromatic heterocycles. The zero-order valence-corrected chi connectivity index (χ0v) is 10.0.